The van der Waals surface area contributed by atoms with Gasteiger partial charge in [0.1, 0.15) is 11.1 Å². The molecule has 0 spiro atoms. The molecular formula is C23H23BrN6O3. The van der Waals surface area contributed by atoms with Gasteiger partial charge in [-0.2, -0.15) is 5.10 Å². The van der Waals surface area contributed by atoms with Crippen molar-refractivity contribution in [2.45, 2.75) is 51.2 Å². The molecule has 0 bridgehead atoms. The van der Waals surface area contributed by atoms with Gasteiger partial charge >= 0.3 is 0 Å². The maximum Gasteiger partial charge on any atom is 0.269 e. The maximum atomic E-state index is 13.4. The summed E-state index contributed by atoms with van der Waals surface area (Å²) in [7, 11) is 0. The first-order chi connectivity index (χ1) is 15.9. The first kappa shape index (κ1) is 21.7. The van der Waals surface area contributed by atoms with Gasteiger partial charge in [0.05, 0.1) is 24.2 Å². The van der Waals surface area contributed by atoms with Gasteiger partial charge in [-0.3, -0.25) is 24.0 Å². The van der Waals surface area contributed by atoms with Crippen LogP contribution in [0.15, 0.2) is 35.1 Å². The van der Waals surface area contributed by atoms with E-state index < -0.39 is 11.9 Å². The van der Waals surface area contributed by atoms with E-state index in [1.807, 2.05) is 25.1 Å². The van der Waals surface area contributed by atoms with E-state index in [4.69, 9.17) is 5.73 Å². The van der Waals surface area contributed by atoms with Crippen LogP contribution in [0, 0.1) is 5.92 Å². The number of aryl methyl sites for hydroxylation is 1. The number of aromatic nitrogens is 4. The summed E-state index contributed by atoms with van der Waals surface area (Å²) in [6.07, 6.45) is 4.08. The summed E-state index contributed by atoms with van der Waals surface area (Å²) in [5.41, 5.74) is 7.70. The van der Waals surface area contributed by atoms with E-state index in [0.717, 1.165) is 12.1 Å². The quantitative estimate of drug-likeness (QED) is 0.485. The van der Waals surface area contributed by atoms with E-state index in [-0.39, 0.29) is 36.4 Å². The second-order valence-electron chi connectivity index (χ2n) is 8.63. The van der Waals surface area contributed by atoms with Gasteiger partial charge in [-0.15, -0.1) is 0 Å². The number of Topliss-reactive ketones (excluding diaryl/α,β-unsaturated/α-hetero) is 1. The highest BCUT2D eigenvalue weighted by Crippen LogP contribution is 2.48. The third-order valence-electron chi connectivity index (χ3n) is 6.47. The monoisotopic (exact) mass is 510 g/mol. The number of amides is 2. The molecule has 5 rings (SSSR count). The summed E-state index contributed by atoms with van der Waals surface area (Å²) in [6, 6.07) is 6.86. The summed E-state index contributed by atoms with van der Waals surface area (Å²) in [5.74, 6) is -0.501. The number of fused-ring (bicyclic) bond motifs is 2. The van der Waals surface area contributed by atoms with Crippen molar-refractivity contribution in [1.82, 2.24) is 24.6 Å². The number of carbonyl (C=O) groups excluding carboxylic acids is 3. The van der Waals surface area contributed by atoms with E-state index >= 15 is 0 Å². The lowest BCUT2D eigenvalue weighted by Gasteiger charge is -2.26. The van der Waals surface area contributed by atoms with Crippen molar-refractivity contribution in [2.24, 2.45) is 11.7 Å². The third-order valence-corrected chi connectivity index (χ3v) is 6.91. The number of pyridine rings is 2. The molecule has 1 aliphatic carbocycles. The molecule has 10 heteroatoms. The van der Waals surface area contributed by atoms with Crippen molar-refractivity contribution < 1.29 is 14.4 Å². The smallest absolute Gasteiger partial charge is 0.269 e. The summed E-state index contributed by atoms with van der Waals surface area (Å²) in [4.78, 5) is 48.9. The van der Waals surface area contributed by atoms with Gasteiger partial charge in [0.2, 0.25) is 5.91 Å². The maximum absolute atomic E-state index is 13.4. The van der Waals surface area contributed by atoms with Crippen molar-refractivity contribution in [3.05, 3.63) is 52.1 Å². The van der Waals surface area contributed by atoms with Crippen LogP contribution in [-0.2, 0) is 29.0 Å². The molecule has 1 aliphatic heterocycles. The molecule has 33 heavy (non-hydrogen) atoms. The number of ketones is 1. The first-order valence-electron chi connectivity index (χ1n) is 11.0. The van der Waals surface area contributed by atoms with Crippen molar-refractivity contribution in [1.29, 1.82) is 0 Å². The molecule has 3 atom stereocenters. The zero-order chi connectivity index (χ0) is 23.3. The number of halogens is 1. The van der Waals surface area contributed by atoms with Crippen molar-refractivity contribution in [3.8, 4) is 0 Å². The predicted molar refractivity (Wildman–Crippen MR) is 123 cm³/mol. The van der Waals surface area contributed by atoms with Gasteiger partial charge in [0.25, 0.3) is 5.91 Å². The molecule has 2 aliphatic rings. The molecule has 1 saturated heterocycles. The Labute approximate surface area is 198 Å². The van der Waals surface area contributed by atoms with Gasteiger partial charge in [-0.1, -0.05) is 13.0 Å². The number of piperidine rings is 1. The average molecular weight is 511 g/mol. The van der Waals surface area contributed by atoms with Gasteiger partial charge in [0.15, 0.2) is 11.5 Å². The van der Waals surface area contributed by atoms with Crippen LogP contribution in [0.5, 0.6) is 0 Å². The minimum Gasteiger partial charge on any atom is -0.364 e. The molecular weight excluding hydrogens is 488 g/mol. The highest BCUT2D eigenvalue weighted by molar-refractivity contribution is 9.10. The number of rotatable bonds is 7. The zero-order valence-corrected chi connectivity index (χ0v) is 19.7. The Morgan fingerprint density at radius 1 is 1.21 bits per heavy atom. The van der Waals surface area contributed by atoms with Crippen LogP contribution in [0.1, 0.15) is 41.6 Å². The highest BCUT2D eigenvalue weighted by atomic mass is 79.9. The third kappa shape index (κ3) is 4.03. The number of carbonyl (C=O) groups is 3. The highest BCUT2D eigenvalue weighted by Gasteiger charge is 2.55. The van der Waals surface area contributed by atoms with Crippen LogP contribution in [-0.4, -0.2) is 54.3 Å². The van der Waals surface area contributed by atoms with E-state index in [1.54, 1.807) is 17.2 Å². The fourth-order valence-corrected chi connectivity index (χ4v) is 5.15. The molecule has 2 N–H and O–H groups in total. The molecule has 3 aromatic rings. The Hall–Kier alpha value is -3.14. The first-order valence-corrected chi connectivity index (χ1v) is 11.8. The Bertz CT molecular complexity index is 1290. The molecule has 0 unspecified atom stereocenters. The molecule has 3 aromatic heterocycles. The summed E-state index contributed by atoms with van der Waals surface area (Å²) in [5, 5.41) is 4.90. The molecule has 0 radical (unpaired) electrons. The minimum atomic E-state index is -0.655. The second-order valence-corrected chi connectivity index (χ2v) is 9.44. The fourth-order valence-electron chi connectivity index (χ4n) is 4.77. The number of nitrogens with zero attached hydrogens (tertiary/aromatic N) is 5. The van der Waals surface area contributed by atoms with Crippen LogP contribution in [0.4, 0.5) is 0 Å². The lowest BCUT2D eigenvalue weighted by molar-refractivity contribution is -0.139. The molecule has 2 fully saturated rings. The van der Waals surface area contributed by atoms with Crippen LogP contribution in [0.2, 0.25) is 0 Å². The largest absolute Gasteiger partial charge is 0.364 e. The van der Waals surface area contributed by atoms with E-state index in [1.165, 1.54) is 4.68 Å². The molecule has 9 nitrogen and oxygen atoms in total. The standard InChI is InChI=1S/C23H23BrN6O3/c1-2-13-8-15-18(10-26-13)29(28-22(15)23(25)33)11-21(32)30-16-6-12(16)7-17(30)19(31)9-14-4-3-5-20(24)27-14/h3-5,8,10,12,16-17H,2,6-7,9,11H2,1H3,(H2,25,33)/t12-,16-,17+/m1/s1. The van der Waals surface area contributed by atoms with Crippen molar-refractivity contribution >= 4 is 44.4 Å². The molecule has 4 heterocycles. The lowest BCUT2D eigenvalue weighted by atomic mass is 10.0. The number of nitrogens with two attached hydrogens (primary N) is 1. The van der Waals surface area contributed by atoms with Gasteiger partial charge in [0, 0.05) is 22.8 Å². The Kier molecular flexibility index (Phi) is 5.48. The van der Waals surface area contributed by atoms with E-state index in [9.17, 15) is 14.4 Å². The number of hydrogen-bond acceptors (Lipinski definition) is 6. The van der Waals surface area contributed by atoms with Crippen molar-refractivity contribution in [2.75, 3.05) is 0 Å². The van der Waals surface area contributed by atoms with E-state index in [2.05, 4.69) is 31.0 Å². The molecule has 1 saturated carbocycles. The predicted octanol–water partition coefficient (Wildman–Crippen LogP) is 2.05. The van der Waals surface area contributed by atoms with Crippen LogP contribution in [0.25, 0.3) is 10.9 Å². The van der Waals surface area contributed by atoms with Crippen LogP contribution >= 0.6 is 15.9 Å². The zero-order valence-electron chi connectivity index (χ0n) is 18.1. The van der Waals surface area contributed by atoms with E-state index in [0.29, 0.717) is 40.0 Å². The Morgan fingerprint density at radius 2 is 2.03 bits per heavy atom. The number of primary amides is 1. The van der Waals surface area contributed by atoms with Gasteiger partial charge < -0.3 is 10.6 Å². The molecule has 0 aromatic carbocycles. The normalized spacial score (nSPS) is 21.3. The molecule has 170 valence electrons. The summed E-state index contributed by atoms with van der Waals surface area (Å²) >= 11 is 3.33. The van der Waals surface area contributed by atoms with Gasteiger partial charge in [-0.05, 0) is 59.3 Å². The minimum absolute atomic E-state index is 0.0152. The summed E-state index contributed by atoms with van der Waals surface area (Å²) in [6.45, 7) is 1.88. The van der Waals surface area contributed by atoms with Crippen molar-refractivity contribution in [3.63, 3.8) is 0 Å². The fraction of sp³-hybridized carbons (Fsp3) is 0.391. The lowest BCUT2D eigenvalue weighted by Crippen LogP contribution is -2.45. The SMILES string of the molecule is CCc1cc2c(C(N)=O)nn(CC(=O)N3[C@@H]4C[C@@H]4C[C@H]3C(=O)Cc3cccc(Br)n3)c2cn1. The topological polar surface area (TPSA) is 124 Å². The number of hydrogen-bond donors (Lipinski definition) is 1. The summed E-state index contributed by atoms with van der Waals surface area (Å²) < 4.78 is 2.14. The van der Waals surface area contributed by atoms with Crippen LogP contribution < -0.4 is 5.73 Å². The Balaban J connectivity index is 1.39. The number of likely N-dealkylation sites (tertiary alicyclic amines) is 1. The average Bonchev–Trinajstić information content (AvgIpc) is 3.29. The Morgan fingerprint density at radius 3 is 2.76 bits per heavy atom. The van der Waals surface area contributed by atoms with Crippen LogP contribution in [0.3, 0.4) is 0 Å². The van der Waals surface area contributed by atoms with Gasteiger partial charge in [-0.25, -0.2) is 4.98 Å². The second kappa shape index (κ2) is 8.33. The molecule has 2 amide bonds.